The van der Waals surface area contributed by atoms with Gasteiger partial charge in [0, 0.05) is 19.1 Å². The van der Waals surface area contributed by atoms with E-state index in [-0.39, 0.29) is 5.82 Å². The van der Waals surface area contributed by atoms with Crippen LogP contribution in [0.1, 0.15) is 19.8 Å². The molecule has 1 aromatic carbocycles. The van der Waals surface area contributed by atoms with Crippen molar-refractivity contribution in [2.24, 2.45) is 5.92 Å². The molecule has 0 aromatic heterocycles. The summed E-state index contributed by atoms with van der Waals surface area (Å²) in [5.74, 6) is 0.654. The Balaban J connectivity index is 2.07. The molecule has 0 bridgehead atoms. The predicted molar refractivity (Wildman–Crippen MR) is 69.9 cm³/mol. The van der Waals surface area contributed by atoms with Gasteiger partial charge in [0.15, 0.2) is 0 Å². The topological polar surface area (TPSA) is 15.3 Å². The minimum absolute atomic E-state index is 0.125. The average Bonchev–Trinajstić information content (AvgIpc) is 3.16. The molecule has 1 aromatic rings. The number of para-hydroxylation sites is 1. The normalized spacial score (nSPS) is 16.9. The van der Waals surface area contributed by atoms with Crippen molar-refractivity contribution in [2.45, 2.75) is 25.8 Å². The number of rotatable bonds is 6. The van der Waals surface area contributed by atoms with Crippen LogP contribution in [0.2, 0.25) is 0 Å². The molecule has 1 N–H and O–H groups in total. The molecule has 94 valence electrons. The molecule has 1 fully saturated rings. The van der Waals surface area contributed by atoms with Crippen LogP contribution in [0.15, 0.2) is 24.3 Å². The maximum absolute atomic E-state index is 13.7. The van der Waals surface area contributed by atoms with E-state index in [0.29, 0.717) is 6.04 Å². The van der Waals surface area contributed by atoms with E-state index in [4.69, 9.17) is 0 Å². The van der Waals surface area contributed by atoms with Crippen LogP contribution in [0.25, 0.3) is 0 Å². The lowest BCUT2D eigenvalue weighted by Crippen LogP contribution is -2.41. The molecule has 0 saturated heterocycles. The number of nitrogens with zero attached hydrogens (tertiary/aromatic N) is 1. The molecule has 0 amide bonds. The Morgan fingerprint density at radius 3 is 2.65 bits per heavy atom. The number of nitrogens with one attached hydrogen (secondary N) is 1. The van der Waals surface area contributed by atoms with E-state index in [9.17, 15) is 4.39 Å². The van der Waals surface area contributed by atoms with Crippen molar-refractivity contribution in [3.8, 4) is 0 Å². The van der Waals surface area contributed by atoms with Crippen molar-refractivity contribution in [1.82, 2.24) is 5.32 Å². The highest BCUT2D eigenvalue weighted by atomic mass is 19.1. The summed E-state index contributed by atoms with van der Waals surface area (Å²) in [7, 11) is 2.00. The van der Waals surface area contributed by atoms with Gasteiger partial charge in [0.2, 0.25) is 0 Å². The summed E-state index contributed by atoms with van der Waals surface area (Å²) in [5, 5.41) is 3.35. The van der Waals surface area contributed by atoms with Crippen LogP contribution < -0.4 is 10.2 Å². The molecule has 1 unspecified atom stereocenters. The maximum Gasteiger partial charge on any atom is 0.146 e. The molecule has 2 nitrogen and oxygen atoms in total. The van der Waals surface area contributed by atoms with Gasteiger partial charge in [-0.2, -0.15) is 0 Å². The van der Waals surface area contributed by atoms with Crippen molar-refractivity contribution in [3.63, 3.8) is 0 Å². The van der Waals surface area contributed by atoms with Crippen molar-refractivity contribution in [2.75, 3.05) is 25.0 Å². The van der Waals surface area contributed by atoms with Gasteiger partial charge in [-0.1, -0.05) is 12.1 Å². The highest BCUT2D eigenvalue weighted by Crippen LogP contribution is 2.33. The fourth-order valence-electron chi connectivity index (χ4n) is 2.32. The second-order valence-electron chi connectivity index (χ2n) is 4.72. The lowest BCUT2D eigenvalue weighted by molar-refractivity contribution is 0.492. The lowest BCUT2D eigenvalue weighted by atomic mass is 10.1. The highest BCUT2D eigenvalue weighted by molar-refractivity contribution is 5.47. The van der Waals surface area contributed by atoms with Gasteiger partial charge in [0.25, 0.3) is 0 Å². The Labute approximate surface area is 103 Å². The van der Waals surface area contributed by atoms with Crippen molar-refractivity contribution < 1.29 is 4.39 Å². The summed E-state index contributed by atoms with van der Waals surface area (Å²) in [5.41, 5.74) is 0.718. The third-order valence-electron chi connectivity index (χ3n) is 3.55. The third kappa shape index (κ3) is 2.97. The molecule has 17 heavy (non-hydrogen) atoms. The molecular weight excluding hydrogens is 215 g/mol. The minimum atomic E-state index is -0.125. The summed E-state index contributed by atoms with van der Waals surface area (Å²) in [6.45, 7) is 3.80. The summed E-state index contributed by atoms with van der Waals surface area (Å²) in [4.78, 5) is 2.12. The standard InChI is InChI=1S/C14H21FN2/c1-3-17(10-13(16-2)11-8-9-11)14-7-5-4-6-12(14)15/h4-7,11,13,16H,3,8-10H2,1-2H3. The zero-order valence-electron chi connectivity index (χ0n) is 10.6. The van der Waals surface area contributed by atoms with Crippen molar-refractivity contribution in [1.29, 1.82) is 0 Å². The van der Waals surface area contributed by atoms with E-state index >= 15 is 0 Å². The smallest absolute Gasteiger partial charge is 0.146 e. The van der Waals surface area contributed by atoms with E-state index in [0.717, 1.165) is 24.7 Å². The Morgan fingerprint density at radius 2 is 2.12 bits per heavy atom. The molecule has 0 radical (unpaired) electrons. The molecule has 0 aliphatic heterocycles. The third-order valence-corrected chi connectivity index (χ3v) is 3.55. The number of halogens is 1. The average molecular weight is 236 g/mol. The van der Waals surface area contributed by atoms with Gasteiger partial charge in [-0.3, -0.25) is 0 Å². The molecule has 3 heteroatoms. The van der Waals surface area contributed by atoms with E-state index in [1.807, 2.05) is 19.2 Å². The first kappa shape index (κ1) is 12.4. The van der Waals surface area contributed by atoms with E-state index in [1.54, 1.807) is 6.07 Å². The number of anilines is 1. The van der Waals surface area contributed by atoms with Gasteiger partial charge in [-0.15, -0.1) is 0 Å². The lowest BCUT2D eigenvalue weighted by Gasteiger charge is -2.28. The minimum Gasteiger partial charge on any atom is -0.368 e. The molecule has 1 saturated carbocycles. The van der Waals surface area contributed by atoms with Crippen LogP contribution in [-0.4, -0.2) is 26.2 Å². The van der Waals surface area contributed by atoms with Gasteiger partial charge in [-0.05, 0) is 44.9 Å². The second kappa shape index (κ2) is 5.50. The van der Waals surface area contributed by atoms with Crippen LogP contribution in [-0.2, 0) is 0 Å². The molecule has 0 spiro atoms. The zero-order valence-corrected chi connectivity index (χ0v) is 10.6. The monoisotopic (exact) mass is 236 g/mol. The van der Waals surface area contributed by atoms with Gasteiger partial charge >= 0.3 is 0 Å². The largest absolute Gasteiger partial charge is 0.368 e. The highest BCUT2D eigenvalue weighted by Gasteiger charge is 2.31. The first-order valence-electron chi connectivity index (χ1n) is 6.43. The van der Waals surface area contributed by atoms with Crippen LogP contribution in [0, 0.1) is 11.7 Å². The Bertz CT molecular complexity index is 363. The molecule has 0 heterocycles. The SMILES string of the molecule is CCN(CC(NC)C1CC1)c1ccccc1F. The van der Waals surface area contributed by atoms with E-state index < -0.39 is 0 Å². The number of hydrogen-bond acceptors (Lipinski definition) is 2. The fourth-order valence-corrected chi connectivity index (χ4v) is 2.32. The Hall–Kier alpha value is -1.09. The van der Waals surface area contributed by atoms with Gasteiger partial charge in [0.1, 0.15) is 5.82 Å². The molecule has 1 aliphatic rings. The maximum atomic E-state index is 13.7. The quantitative estimate of drug-likeness (QED) is 0.817. The van der Waals surface area contributed by atoms with Crippen LogP contribution in [0.4, 0.5) is 10.1 Å². The van der Waals surface area contributed by atoms with Crippen molar-refractivity contribution >= 4 is 5.69 Å². The number of hydrogen-bond donors (Lipinski definition) is 1. The molecule has 1 atom stereocenters. The van der Waals surface area contributed by atoms with Crippen molar-refractivity contribution in [3.05, 3.63) is 30.1 Å². The van der Waals surface area contributed by atoms with Gasteiger partial charge in [-0.25, -0.2) is 4.39 Å². The number of likely N-dealkylation sites (N-methyl/N-ethyl adjacent to an activating group) is 2. The first-order valence-corrected chi connectivity index (χ1v) is 6.43. The summed E-state index contributed by atoms with van der Waals surface area (Å²) < 4.78 is 13.7. The fraction of sp³-hybridized carbons (Fsp3) is 0.571. The van der Waals surface area contributed by atoms with E-state index in [1.165, 1.54) is 18.9 Å². The second-order valence-corrected chi connectivity index (χ2v) is 4.72. The molecule has 1 aliphatic carbocycles. The van der Waals surface area contributed by atoms with Crippen LogP contribution in [0.5, 0.6) is 0 Å². The first-order chi connectivity index (χ1) is 8.26. The summed E-state index contributed by atoms with van der Waals surface area (Å²) >= 11 is 0. The summed E-state index contributed by atoms with van der Waals surface area (Å²) in [6, 6.07) is 7.51. The Kier molecular flexibility index (Phi) is 4.00. The number of benzene rings is 1. The summed E-state index contributed by atoms with van der Waals surface area (Å²) in [6.07, 6.45) is 2.61. The van der Waals surface area contributed by atoms with Crippen LogP contribution in [0.3, 0.4) is 0 Å². The van der Waals surface area contributed by atoms with Crippen LogP contribution >= 0.6 is 0 Å². The Morgan fingerprint density at radius 1 is 1.41 bits per heavy atom. The van der Waals surface area contributed by atoms with Gasteiger partial charge in [0.05, 0.1) is 5.69 Å². The predicted octanol–water partition coefficient (Wildman–Crippen LogP) is 2.65. The molecular formula is C14H21FN2. The zero-order chi connectivity index (χ0) is 12.3. The van der Waals surface area contributed by atoms with E-state index in [2.05, 4.69) is 17.1 Å². The van der Waals surface area contributed by atoms with Gasteiger partial charge < -0.3 is 10.2 Å². The molecule has 2 rings (SSSR count).